The van der Waals surface area contributed by atoms with E-state index < -0.39 is 35.6 Å². The molecule has 0 spiro atoms. The van der Waals surface area contributed by atoms with Crippen LogP contribution in [0.1, 0.15) is 5.69 Å². The molecule has 1 aromatic heterocycles. The fourth-order valence-electron chi connectivity index (χ4n) is 2.53. The van der Waals surface area contributed by atoms with Crippen LogP contribution in [0, 0.1) is 6.92 Å². The Labute approximate surface area is 185 Å². The van der Waals surface area contributed by atoms with Crippen molar-refractivity contribution in [3.8, 4) is 5.69 Å². The highest BCUT2D eigenvalue weighted by atomic mass is 35.5. The van der Waals surface area contributed by atoms with Gasteiger partial charge in [-0.1, -0.05) is 29.3 Å². The molecule has 0 saturated heterocycles. The Morgan fingerprint density at radius 3 is 2.23 bits per heavy atom. The lowest BCUT2D eigenvalue weighted by molar-refractivity contribution is 0.481. The first-order chi connectivity index (χ1) is 14.3. The topological polar surface area (TPSA) is 171 Å². The van der Waals surface area contributed by atoms with Gasteiger partial charge < -0.3 is 0 Å². The summed E-state index contributed by atoms with van der Waals surface area (Å²) < 4.78 is 65.3. The average molecular weight is 507 g/mol. The zero-order valence-corrected chi connectivity index (χ0v) is 18.5. The van der Waals surface area contributed by atoms with Gasteiger partial charge in [-0.05, 0) is 37.3 Å². The number of nitrogens with zero attached hydrogens (tertiary/aromatic N) is 3. The molecule has 0 unspecified atom stereocenters. The van der Waals surface area contributed by atoms with Crippen LogP contribution in [0.5, 0.6) is 0 Å². The van der Waals surface area contributed by atoms with Gasteiger partial charge in [0.2, 0.25) is 0 Å². The summed E-state index contributed by atoms with van der Waals surface area (Å²) in [5.74, 6) is 0. The smallest absolute Gasteiger partial charge is 0.293 e. The van der Waals surface area contributed by atoms with Crippen LogP contribution in [0.15, 0.2) is 61.2 Å². The SMILES string of the molecule is Cc1[nH]n(-c2cccc(S(=O)(=O)O)c2)c(=O)c1/N=N/c1cc(Cl)c(Cl)cc1S(=O)(=O)O. The van der Waals surface area contributed by atoms with Crippen molar-refractivity contribution in [2.75, 3.05) is 0 Å². The number of rotatable bonds is 5. The summed E-state index contributed by atoms with van der Waals surface area (Å²) in [6.07, 6.45) is 0. The van der Waals surface area contributed by atoms with E-state index in [4.69, 9.17) is 23.2 Å². The van der Waals surface area contributed by atoms with Gasteiger partial charge in [0.05, 0.1) is 26.3 Å². The minimum Gasteiger partial charge on any atom is -0.293 e. The molecular weight excluding hydrogens is 495 g/mol. The maximum atomic E-state index is 12.7. The number of nitrogens with one attached hydrogen (secondary N) is 1. The van der Waals surface area contributed by atoms with Gasteiger partial charge in [-0.2, -0.15) is 16.8 Å². The predicted molar refractivity (Wildman–Crippen MR) is 111 cm³/mol. The van der Waals surface area contributed by atoms with Crippen molar-refractivity contribution in [1.29, 1.82) is 0 Å². The second-order valence-electron chi connectivity index (χ2n) is 6.11. The van der Waals surface area contributed by atoms with Gasteiger partial charge in [0.1, 0.15) is 10.6 Å². The number of hydrogen-bond acceptors (Lipinski definition) is 7. The van der Waals surface area contributed by atoms with E-state index in [1.807, 2.05) is 0 Å². The number of aromatic amines is 1. The zero-order chi connectivity index (χ0) is 23.1. The highest BCUT2D eigenvalue weighted by Gasteiger charge is 2.20. The molecule has 0 bridgehead atoms. The lowest BCUT2D eigenvalue weighted by atomic mass is 10.3. The maximum absolute atomic E-state index is 12.7. The highest BCUT2D eigenvalue weighted by Crippen LogP contribution is 2.34. The molecule has 31 heavy (non-hydrogen) atoms. The van der Waals surface area contributed by atoms with Crippen LogP contribution in [-0.4, -0.2) is 35.7 Å². The minimum absolute atomic E-state index is 0.0618. The largest absolute Gasteiger partial charge is 0.299 e. The summed E-state index contributed by atoms with van der Waals surface area (Å²) in [6.45, 7) is 1.47. The Bertz CT molecular complexity index is 1490. The molecule has 0 saturated carbocycles. The molecular formula is C16H12Cl2N4O7S2. The van der Waals surface area contributed by atoms with Crippen LogP contribution in [0.3, 0.4) is 0 Å². The third-order valence-corrected chi connectivity index (χ3v) is 6.41. The molecule has 0 atom stereocenters. The Morgan fingerprint density at radius 1 is 0.968 bits per heavy atom. The van der Waals surface area contributed by atoms with Crippen molar-refractivity contribution >= 4 is 54.8 Å². The number of halogens is 2. The third kappa shape index (κ3) is 4.87. The molecule has 0 aliphatic carbocycles. The fourth-order valence-corrected chi connectivity index (χ4v) is 4.06. The third-order valence-electron chi connectivity index (χ3n) is 3.95. The van der Waals surface area contributed by atoms with Crippen LogP contribution < -0.4 is 5.56 Å². The van der Waals surface area contributed by atoms with Gasteiger partial charge in [0, 0.05) is 0 Å². The standard InChI is InChI=1S/C16H12Cl2N4O7S2/c1-8-15(20-19-13-6-11(17)12(18)7-14(13)31(27,28)29)16(23)22(21-8)9-3-2-4-10(5-9)30(24,25)26/h2-7,21H,1H3,(H,24,25,26)(H,27,28,29)/b20-19+. The van der Waals surface area contributed by atoms with Gasteiger partial charge in [-0.3, -0.25) is 19.0 Å². The van der Waals surface area contributed by atoms with Crippen LogP contribution >= 0.6 is 23.2 Å². The van der Waals surface area contributed by atoms with Crippen molar-refractivity contribution in [2.45, 2.75) is 16.7 Å². The van der Waals surface area contributed by atoms with Crippen molar-refractivity contribution in [3.05, 3.63) is 62.5 Å². The first kappa shape index (κ1) is 23.1. The summed E-state index contributed by atoms with van der Waals surface area (Å²) in [5.41, 5.74) is -1.05. The first-order valence-electron chi connectivity index (χ1n) is 8.07. The molecule has 0 aliphatic heterocycles. The molecule has 3 rings (SSSR count). The van der Waals surface area contributed by atoms with Gasteiger partial charge in [0.25, 0.3) is 25.8 Å². The number of aromatic nitrogens is 2. The molecule has 0 amide bonds. The minimum atomic E-state index is -4.72. The van der Waals surface area contributed by atoms with E-state index in [2.05, 4.69) is 15.3 Å². The molecule has 0 fully saturated rings. The summed E-state index contributed by atoms with van der Waals surface area (Å²) in [4.78, 5) is 11.6. The van der Waals surface area contributed by atoms with Gasteiger partial charge in [-0.15, -0.1) is 10.2 Å². The Kier molecular flexibility index (Phi) is 6.10. The Hall–Kier alpha value is -2.55. The van der Waals surface area contributed by atoms with Crippen molar-refractivity contribution in [1.82, 2.24) is 9.78 Å². The number of aryl methyl sites for hydroxylation is 1. The Morgan fingerprint density at radius 2 is 1.61 bits per heavy atom. The molecule has 0 aliphatic rings. The number of azo groups is 1. The first-order valence-corrected chi connectivity index (χ1v) is 11.7. The van der Waals surface area contributed by atoms with E-state index in [1.54, 1.807) is 0 Å². The second-order valence-corrected chi connectivity index (χ2v) is 9.73. The predicted octanol–water partition coefficient (Wildman–Crippen LogP) is 3.69. The summed E-state index contributed by atoms with van der Waals surface area (Å²) >= 11 is 11.6. The molecule has 15 heteroatoms. The molecule has 1 heterocycles. The lowest BCUT2D eigenvalue weighted by Gasteiger charge is -2.04. The number of hydrogen-bond donors (Lipinski definition) is 3. The molecule has 3 aromatic rings. The van der Waals surface area contributed by atoms with Crippen molar-refractivity contribution in [3.63, 3.8) is 0 Å². The number of H-pyrrole nitrogens is 1. The van der Waals surface area contributed by atoms with E-state index in [9.17, 15) is 30.7 Å². The van der Waals surface area contributed by atoms with Crippen LogP contribution in [0.2, 0.25) is 10.0 Å². The van der Waals surface area contributed by atoms with E-state index in [1.165, 1.54) is 19.1 Å². The molecule has 3 N–H and O–H groups in total. The van der Waals surface area contributed by atoms with Gasteiger partial charge >= 0.3 is 0 Å². The Balaban J connectivity index is 2.11. The molecule has 2 aromatic carbocycles. The summed E-state index contributed by atoms with van der Waals surface area (Å²) in [7, 11) is -9.22. The van der Waals surface area contributed by atoms with Gasteiger partial charge in [-0.25, -0.2) is 4.68 Å². The normalized spacial score (nSPS) is 12.5. The van der Waals surface area contributed by atoms with Crippen LogP contribution in [-0.2, 0) is 20.2 Å². The molecule has 0 radical (unpaired) electrons. The molecule has 11 nitrogen and oxygen atoms in total. The van der Waals surface area contributed by atoms with Crippen molar-refractivity contribution < 1.29 is 25.9 Å². The number of benzene rings is 2. The quantitative estimate of drug-likeness (QED) is 0.349. The van der Waals surface area contributed by atoms with Crippen LogP contribution in [0.4, 0.5) is 11.4 Å². The van der Waals surface area contributed by atoms with Crippen LogP contribution in [0.25, 0.3) is 5.69 Å². The highest BCUT2D eigenvalue weighted by molar-refractivity contribution is 7.86. The monoisotopic (exact) mass is 506 g/mol. The van der Waals surface area contributed by atoms with Gasteiger partial charge in [0.15, 0.2) is 5.69 Å². The average Bonchev–Trinajstić information content (AvgIpc) is 2.95. The fraction of sp³-hybridized carbons (Fsp3) is 0.0625. The van der Waals surface area contributed by atoms with E-state index in [0.29, 0.717) is 0 Å². The summed E-state index contributed by atoms with van der Waals surface area (Å²) in [5, 5.41) is 9.92. The lowest BCUT2D eigenvalue weighted by Crippen LogP contribution is -2.14. The van der Waals surface area contributed by atoms with E-state index in [0.717, 1.165) is 28.9 Å². The maximum Gasteiger partial charge on any atom is 0.299 e. The van der Waals surface area contributed by atoms with E-state index in [-0.39, 0.29) is 32.8 Å². The second kappa shape index (κ2) is 8.18. The summed E-state index contributed by atoms with van der Waals surface area (Å²) in [6, 6.07) is 6.85. The zero-order valence-electron chi connectivity index (χ0n) is 15.3. The van der Waals surface area contributed by atoms with Crippen molar-refractivity contribution in [2.24, 2.45) is 10.2 Å². The van der Waals surface area contributed by atoms with E-state index >= 15 is 0 Å². The molecule has 164 valence electrons.